The number of rotatable bonds is 2. The maximum absolute atomic E-state index is 10.2. The average molecular weight is 298 g/mol. The molecule has 118 valence electrons. The molecule has 1 spiro atoms. The minimum Gasteiger partial charge on any atom is -0.396 e. The second-order valence-electron chi connectivity index (χ2n) is 7.88. The Balaban J connectivity index is 1.68. The summed E-state index contributed by atoms with van der Waals surface area (Å²) in [4.78, 5) is 2.77. The smallest absolute Gasteiger partial charge is 0.0481 e. The standard InChI is InChI=1S/C19H26N2O/c1-2-12-10-21-8-7-19-15-5-3-4-6-16(15)20-18(19)14(11-22)13(12)9-17(19)21/h3-6,12-14,17-18,20,22H,2,7-11H2,1H3/t12?,13-,14-,17-,18-,19+/m0/s1. The van der Waals surface area contributed by atoms with E-state index in [2.05, 4.69) is 41.4 Å². The number of aliphatic hydroxyl groups excluding tert-OH is 1. The van der Waals surface area contributed by atoms with Gasteiger partial charge < -0.3 is 10.4 Å². The molecule has 2 N–H and O–H groups in total. The maximum Gasteiger partial charge on any atom is 0.0481 e. The van der Waals surface area contributed by atoms with Crippen LogP contribution in [0.1, 0.15) is 31.7 Å². The molecule has 0 radical (unpaired) electrons. The molecule has 22 heavy (non-hydrogen) atoms. The van der Waals surface area contributed by atoms with E-state index in [0.717, 1.165) is 5.92 Å². The number of benzene rings is 1. The lowest BCUT2D eigenvalue weighted by atomic mass is 9.54. The molecule has 0 aromatic heterocycles. The van der Waals surface area contributed by atoms with Crippen LogP contribution in [0, 0.1) is 17.8 Å². The van der Waals surface area contributed by atoms with Crippen molar-refractivity contribution in [2.24, 2.45) is 17.8 Å². The summed E-state index contributed by atoms with van der Waals surface area (Å²) in [5.74, 6) is 1.86. The van der Waals surface area contributed by atoms with E-state index >= 15 is 0 Å². The summed E-state index contributed by atoms with van der Waals surface area (Å²) in [7, 11) is 0. The molecule has 1 unspecified atom stereocenters. The zero-order chi connectivity index (χ0) is 14.9. The highest BCUT2D eigenvalue weighted by molar-refractivity contribution is 5.64. The van der Waals surface area contributed by atoms with Gasteiger partial charge in [-0.2, -0.15) is 0 Å². The van der Waals surface area contributed by atoms with E-state index in [1.54, 1.807) is 0 Å². The Morgan fingerprint density at radius 1 is 1.36 bits per heavy atom. The zero-order valence-electron chi connectivity index (χ0n) is 13.3. The zero-order valence-corrected chi connectivity index (χ0v) is 13.3. The number of nitrogens with one attached hydrogen (secondary N) is 1. The summed E-state index contributed by atoms with van der Waals surface area (Å²) in [6.45, 7) is 5.15. The van der Waals surface area contributed by atoms with Crippen molar-refractivity contribution in [1.82, 2.24) is 4.90 Å². The van der Waals surface area contributed by atoms with Gasteiger partial charge in [-0.3, -0.25) is 4.90 Å². The fourth-order valence-electron chi connectivity index (χ4n) is 6.53. The maximum atomic E-state index is 10.2. The van der Waals surface area contributed by atoms with E-state index in [9.17, 15) is 5.11 Å². The van der Waals surface area contributed by atoms with E-state index in [4.69, 9.17) is 0 Å². The van der Waals surface area contributed by atoms with E-state index in [0.29, 0.717) is 30.5 Å². The third-order valence-electron chi connectivity index (χ3n) is 7.43. The predicted octanol–water partition coefficient (Wildman–Crippen LogP) is 2.46. The van der Waals surface area contributed by atoms with Crippen molar-refractivity contribution in [1.29, 1.82) is 0 Å². The molecule has 4 aliphatic rings. The lowest BCUT2D eigenvalue weighted by Crippen LogP contribution is -2.64. The van der Waals surface area contributed by atoms with Crippen LogP contribution in [0.3, 0.4) is 0 Å². The number of para-hydroxylation sites is 1. The van der Waals surface area contributed by atoms with Crippen LogP contribution in [0.15, 0.2) is 24.3 Å². The van der Waals surface area contributed by atoms with Crippen molar-refractivity contribution in [2.75, 3.05) is 25.0 Å². The van der Waals surface area contributed by atoms with Gasteiger partial charge in [0.05, 0.1) is 0 Å². The SMILES string of the molecule is CCC1CN2CC[C@]34c5ccccc5N[C@H]3[C@@H](CO)[C@H]1C[C@H]24. The molecule has 3 heteroatoms. The van der Waals surface area contributed by atoms with E-state index < -0.39 is 0 Å². The van der Waals surface area contributed by atoms with Crippen LogP contribution < -0.4 is 5.32 Å². The van der Waals surface area contributed by atoms with Gasteiger partial charge in [0, 0.05) is 42.3 Å². The number of aliphatic hydroxyl groups is 1. The van der Waals surface area contributed by atoms with E-state index in [1.165, 1.54) is 43.6 Å². The largest absolute Gasteiger partial charge is 0.396 e. The lowest BCUT2D eigenvalue weighted by Gasteiger charge is -2.56. The van der Waals surface area contributed by atoms with Gasteiger partial charge in [0.1, 0.15) is 0 Å². The monoisotopic (exact) mass is 298 g/mol. The van der Waals surface area contributed by atoms with Gasteiger partial charge in [-0.25, -0.2) is 0 Å². The van der Waals surface area contributed by atoms with Gasteiger partial charge in [-0.15, -0.1) is 0 Å². The quantitative estimate of drug-likeness (QED) is 0.880. The van der Waals surface area contributed by atoms with Crippen LogP contribution in [0.4, 0.5) is 5.69 Å². The number of nitrogens with zero attached hydrogens (tertiary/aromatic N) is 1. The summed E-state index contributed by atoms with van der Waals surface area (Å²) in [5, 5.41) is 14.1. The minimum absolute atomic E-state index is 0.249. The first-order chi connectivity index (χ1) is 10.8. The normalized spacial score (nSPS) is 45.3. The molecule has 2 bridgehead atoms. The van der Waals surface area contributed by atoms with E-state index in [1.807, 2.05) is 0 Å². The summed E-state index contributed by atoms with van der Waals surface area (Å²) in [6, 6.07) is 10.0. The van der Waals surface area contributed by atoms with Crippen molar-refractivity contribution < 1.29 is 5.11 Å². The summed E-state index contributed by atoms with van der Waals surface area (Å²) in [6.07, 6.45) is 3.79. The molecule has 2 saturated heterocycles. The Bertz CT molecular complexity index is 603. The Morgan fingerprint density at radius 3 is 3.05 bits per heavy atom. The Morgan fingerprint density at radius 2 is 2.23 bits per heavy atom. The molecule has 1 aromatic rings. The highest BCUT2D eigenvalue weighted by Crippen LogP contribution is 2.61. The summed E-state index contributed by atoms with van der Waals surface area (Å²) in [5.41, 5.74) is 3.10. The van der Waals surface area contributed by atoms with E-state index in [-0.39, 0.29) is 5.41 Å². The Labute approximate surface area is 132 Å². The summed E-state index contributed by atoms with van der Waals surface area (Å²) < 4.78 is 0. The third-order valence-corrected chi connectivity index (χ3v) is 7.43. The topological polar surface area (TPSA) is 35.5 Å². The molecule has 1 saturated carbocycles. The van der Waals surface area contributed by atoms with Gasteiger partial charge in [0.2, 0.25) is 0 Å². The first-order valence-corrected chi connectivity index (χ1v) is 9.00. The molecule has 5 rings (SSSR count). The number of anilines is 1. The Kier molecular flexibility index (Phi) is 2.73. The molecule has 3 fully saturated rings. The van der Waals surface area contributed by atoms with Gasteiger partial charge in [-0.1, -0.05) is 31.5 Å². The predicted molar refractivity (Wildman–Crippen MR) is 88.0 cm³/mol. The van der Waals surface area contributed by atoms with Gasteiger partial charge >= 0.3 is 0 Å². The van der Waals surface area contributed by atoms with Crippen molar-refractivity contribution in [3.8, 4) is 0 Å². The molecular formula is C19H26N2O. The number of hydrogen-bond acceptors (Lipinski definition) is 3. The van der Waals surface area contributed by atoms with Crippen LogP contribution >= 0.6 is 0 Å². The minimum atomic E-state index is 0.249. The lowest BCUT2D eigenvalue weighted by molar-refractivity contribution is -0.0363. The molecule has 6 atom stereocenters. The summed E-state index contributed by atoms with van der Waals surface area (Å²) >= 11 is 0. The number of piperidine rings is 1. The average Bonchev–Trinajstić information content (AvgIpc) is 3.11. The van der Waals surface area contributed by atoms with Crippen LogP contribution in [0.5, 0.6) is 0 Å². The number of hydrogen-bond donors (Lipinski definition) is 2. The van der Waals surface area contributed by atoms with Gasteiger partial charge in [0.25, 0.3) is 0 Å². The third kappa shape index (κ3) is 1.40. The highest BCUT2D eigenvalue weighted by Gasteiger charge is 2.65. The molecule has 1 aromatic carbocycles. The fraction of sp³-hybridized carbons (Fsp3) is 0.684. The molecular weight excluding hydrogens is 272 g/mol. The second kappa shape index (κ2) is 4.48. The first-order valence-electron chi connectivity index (χ1n) is 9.00. The Hall–Kier alpha value is -1.06. The van der Waals surface area contributed by atoms with Crippen molar-refractivity contribution >= 4 is 5.69 Å². The first kappa shape index (κ1) is 13.4. The molecule has 0 amide bonds. The van der Waals surface area contributed by atoms with Crippen LogP contribution in [-0.2, 0) is 5.41 Å². The molecule has 3 nitrogen and oxygen atoms in total. The van der Waals surface area contributed by atoms with Gasteiger partial charge in [0.15, 0.2) is 0 Å². The number of fused-ring (bicyclic) bond motifs is 2. The highest BCUT2D eigenvalue weighted by atomic mass is 16.3. The van der Waals surface area contributed by atoms with Gasteiger partial charge in [-0.05, 0) is 42.9 Å². The van der Waals surface area contributed by atoms with Crippen LogP contribution in [-0.4, -0.2) is 41.8 Å². The van der Waals surface area contributed by atoms with Crippen LogP contribution in [0.25, 0.3) is 0 Å². The molecule has 1 aliphatic carbocycles. The molecule has 3 heterocycles. The van der Waals surface area contributed by atoms with Crippen molar-refractivity contribution in [3.05, 3.63) is 29.8 Å². The second-order valence-corrected chi connectivity index (χ2v) is 7.88. The van der Waals surface area contributed by atoms with Crippen LogP contribution in [0.2, 0.25) is 0 Å². The van der Waals surface area contributed by atoms with Crippen molar-refractivity contribution in [2.45, 2.75) is 43.7 Å². The molecule has 3 aliphatic heterocycles. The van der Waals surface area contributed by atoms with Crippen molar-refractivity contribution in [3.63, 3.8) is 0 Å². The fourth-order valence-corrected chi connectivity index (χ4v) is 6.53.